The van der Waals surface area contributed by atoms with Crippen LogP contribution in [0.15, 0.2) is 36.5 Å². The molecule has 1 aliphatic heterocycles. The number of nitro groups is 1. The van der Waals surface area contributed by atoms with Gasteiger partial charge in [0.1, 0.15) is 11.6 Å². The lowest BCUT2D eigenvalue weighted by molar-refractivity contribution is -0.385. The van der Waals surface area contributed by atoms with Crippen LogP contribution in [0.3, 0.4) is 0 Å². The van der Waals surface area contributed by atoms with Gasteiger partial charge in [-0.25, -0.2) is 4.79 Å². The Bertz CT molecular complexity index is 581. The Morgan fingerprint density at radius 1 is 1.37 bits per heavy atom. The van der Waals surface area contributed by atoms with Crippen molar-refractivity contribution in [2.45, 2.75) is 12.5 Å². The molecular weight excluding hydrogens is 252 g/mol. The molecule has 1 aliphatic rings. The first-order valence-corrected chi connectivity index (χ1v) is 5.48. The number of carbonyl (C=O) groups excluding carboxylic acids is 1. The fourth-order valence-corrected chi connectivity index (χ4v) is 1.90. The summed E-state index contributed by atoms with van der Waals surface area (Å²) in [5.74, 6) is -1.83. The quantitative estimate of drug-likeness (QED) is 0.655. The molecule has 0 aromatic heterocycles. The Kier molecular flexibility index (Phi) is 3.28. The van der Waals surface area contributed by atoms with Crippen LogP contribution in [0.5, 0.6) is 0 Å². The van der Waals surface area contributed by atoms with Crippen LogP contribution in [0, 0.1) is 10.1 Å². The van der Waals surface area contributed by atoms with Gasteiger partial charge in [-0.2, -0.15) is 0 Å². The number of nitrogens with zero attached hydrogens (tertiary/aromatic N) is 2. The molecule has 0 saturated heterocycles. The van der Waals surface area contributed by atoms with Gasteiger partial charge in [0.2, 0.25) is 0 Å². The van der Waals surface area contributed by atoms with E-state index in [4.69, 9.17) is 5.11 Å². The molecule has 0 radical (unpaired) electrons. The van der Waals surface area contributed by atoms with Gasteiger partial charge in [0, 0.05) is 12.3 Å². The smallest absolute Gasteiger partial charge is 0.327 e. The van der Waals surface area contributed by atoms with E-state index < -0.39 is 22.8 Å². The van der Waals surface area contributed by atoms with Gasteiger partial charge in [-0.15, -0.1) is 0 Å². The zero-order valence-electron chi connectivity index (χ0n) is 9.72. The maximum absolute atomic E-state index is 12.2. The zero-order chi connectivity index (χ0) is 14.0. The van der Waals surface area contributed by atoms with E-state index in [1.807, 2.05) is 0 Å². The second-order valence-electron chi connectivity index (χ2n) is 3.96. The number of aliphatic carboxylic acids is 1. The number of amides is 1. The molecule has 1 atom stereocenters. The third-order valence-electron chi connectivity index (χ3n) is 2.81. The summed E-state index contributed by atoms with van der Waals surface area (Å²) in [7, 11) is 0. The Morgan fingerprint density at radius 3 is 2.68 bits per heavy atom. The molecular formula is C12H10N2O5. The summed E-state index contributed by atoms with van der Waals surface area (Å²) in [5, 5.41) is 19.8. The predicted octanol–water partition coefficient (Wildman–Crippen LogP) is 1.41. The van der Waals surface area contributed by atoms with Gasteiger partial charge in [0.05, 0.1) is 4.92 Å². The highest BCUT2D eigenvalue weighted by Gasteiger charge is 2.33. The van der Waals surface area contributed by atoms with Crippen LogP contribution >= 0.6 is 0 Å². The van der Waals surface area contributed by atoms with Gasteiger partial charge in [-0.1, -0.05) is 18.2 Å². The van der Waals surface area contributed by atoms with Crippen LogP contribution < -0.4 is 0 Å². The Hall–Kier alpha value is -2.70. The summed E-state index contributed by atoms with van der Waals surface area (Å²) >= 11 is 0. The summed E-state index contributed by atoms with van der Waals surface area (Å²) in [6, 6.07) is 4.46. The minimum Gasteiger partial charge on any atom is -0.480 e. The minimum absolute atomic E-state index is 0.120. The van der Waals surface area contributed by atoms with Gasteiger partial charge >= 0.3 is 5.97 Å². The molecule has 2 rings (SSSR count). The Morgan fingerprint density at radius 2 is 2.05 bits per heavy atom. The molecule has 0 bridgehead atoms. The molecule has 1 N–H and O–H groups in total. The van der Waals surface area contributed by atoms with E-state index in [-0.39, 0.29) is 17.7 Å². The van der Waals surface area contributed by atoms with E-state index in [0.717, 1.165) is 4.90 Å². The molecule has 7 nitrogen and oxygen atoms in total. The number of carboxylic acids is 1. The summed E-state index contributed by atoms with van der Waals surface area (Å²) < 4.78 is 0. The third-order valence-corrected chi connectivity index (χ3v) is 2.81. The second kappa shape index (κ2) is 4.89. The van der Waals surface area contributed by atoms with E-state index in [2.05, 4.69) is 0 Å². The van der Waals surface area contributed by atoms with E-state index in [1.54, 1.807) is 6.08 Å². The molecule has 0 fully saturated rings. The van der Waals surface area contributed by atoms with Gasteiger partial charge in [0.15, 0.2) is 0 Å². The van der Waals surface area contributed by atoms with Crippen LogP contribution in [-0.4, -0.2) is 32.8 Å². The topological polar surface area (TPSA) is 101 Å². The third kappa shape index (κ3) is 2.30. The first-order chi connectivity index (χ1) is 9.02. The van der Waals surface area contributed by atoms with Gasteiger partial charge in [-0.3, -0.25) is 14.9 Å². The van der Waals surface area contributed by atoms with Crippen molar-refractivity contribution in [1.29, 1.82) is 0 Å². The number of benzene rings is 1. The summed E-state index contributed by atoms with van der Waals surface area (Å²) in [6.07, 6.45) is 3.09. The number of para-hydroxylation sites is 1. The molecule has 1 heterocycles. The van der Waals surface area contributed by atoms with E-state index in [0.29, 0.717) is 0 Å². The van der Waals surface area contributed by atoms with Crippen molar-refractivity contribution in [2.75, 3.05) is 0 Å². The first kappa shape index (κ1) is 12.7. The van der Waals surface area contributed by atoms with Crippen molar-refractivity contribution in [2.24, 2.45) is 0 Å². The molecule has 0 spiro atoms. The molecule has 1 aromatic rings. The van der Waals surface area contributed by atoms with Gasteiger partial charge in [-0.05, 0) is 12.5 Å². The largest absolute Gasteiger partial charge is 0.480 e. The molecule has 1 amide bonds. The maximum Gasteiger partial charge on any atom is 0.327 e. The average Bonchev–Trinajstić information content (AvgIpc) is 2.87. The van der Waals surface area contributed by atoms with Crippen molar-refractivity contribution in [3.8, 4) is 0 Å². The van der Waals surface area contributed by atoms with Crippen LogP contribution in [0.25, 0.3) is 0 Å². The number of hydrogen-bond donors (Lipinski definition) is 1. The molecule has 1 unspecified atom stereocenters. The fraction of sp³-hybridized carbons (Fsp3) is 0.167. The highest BCUT2D eigenvalue weighted by atomic mass is 16.6. The zero-order valence-corrected chi connectivity index (χ0v) is 9.72. The molecule has 0 saturated carbocycles. The number of carboxylic acid groups (broad SMARTS) is 1. The second-order valence-corrected chi connectivity index (χ2v) is 3.96. The normalized spacial score (nSPS) is 17.5. The van der Waals surface area contributed by atoms with Gasteiger partial charge < -0.3 is 10.0 Å². The molecule has 1 aromatic carbocycles. The van der Waals surface area contributed by atoms with Crippen molar-refractivity contribution in [3.63, 3.8) is 0 Å². The Balaban J connectivity index is 2.37. The maximum atomic E-state index is 12.2. The van der Waals surface area contributed by atoms with Crippen LogP contribution in [0.2, 0.25) is 0 Å². The molecule has 98 valence electrons. The number of hydrogen-bond acceptors (Lipinski definition) is 4. The first-order valence-electron chi connectivity index (χ1n) is 5.48. The lowest BCUT2D eigenvalue weighted by atomic mass is 10.1. The molecule has 0 aliphatic carbocycles. The lowest BCUT2D eigenvalue weighted by Crippen LogP contribution is -2.38. The van der Waals surface area contributed by atoms with Gasteiger partial charge in [0.25, 0.3) is 11.6 Å². The van der Waals surface area contributed by atoms with Crippen molar-refractivity contribution in [3.05, 3.63) is 52.2 Å². The van der Waals surface area contributed by atoms with Crippen molar-refractivity contribution >= 4 is 17.6 Å². The standard InChI is InChI=1S/C12H10N2O5/c15-11(13-7-3-6-10(13)12(16)17)8-4-1-2-5-9(8)14(18)19/h1-5,7,10H,6H2,(H,16,17). The number of nitro benzene ring substituents is 1. The van der Waals surface area contributed by atoms with Crippen LogP contribution in [0.4, 0.5) is 5.69 Å². The fourth-order valence-electron chi connectivity index (χ4n) is 1.90. The average molecular weight is 262 g/mol. The van der Waals surface area contributed by atoms with E-state index in [1.165, 1.54) is 30.5 Å². The highest BCUT2D eigenvalue weighted by Crippen LogP contribution is 2.24. The highest BCUT2D eigenvalue weighted by molar-refractivity contribution is 6.01. The van der Waals surface area contributed by atoms with E-state index in [9.17, 15) is 19.7 Å². The lowest BCUT2D eigenvalue weighted by Gasteiger charge is -2.20. The van der Waals surface area contributed by atoms with Crippen molar-refractivity contribution < 1.29 is 19.6 Å². The van der Waals surface area contributed by atoms with Crippen LogP contribution in [0.1, 0.15) is 16.8 Å². The summed E-state index contributed by atoms with van der Waals surface area (Å²) in [5.41, 5.74) is -0.456. The van der Waals surface area contributed by atoms with Crippen molar-refractivity contribution in [1.82, 2.24) is 4.90 Å². The number of carbonyl (C=O) groups is 2. The van der Waals surface area contributed by atoms with E-state index >= 15 is 0 Å². The Labute approximate surface area is 107 Å². The van der Waals surface area contributed by atoms with Crippen LogP contribution in [-0.2, 0) is 4.79 Å². The minimum atomic E-state index is -1.14. The molecule has 19 heavy (non-hydrogen) atoms. The predicted molar refractivity (Wildman–Crippen MR) is 64.4 cm³/mol. The molecule has 7 heteroatoms. The SMILES string of the molecule is O=C(O)C1CC=CN1C(=O)c1ccccc1[N+](=O)[O-]. The summed E-state index contributed by atoms with van der Waals surface area (Å²) in [4.78, 5) is 34.4. The number of rotatable bonds is 3. The summed E-state index contributed by atoms with van der Waals surface area (Å²) in [6.45, 7) is 0. The monoisotopic (exact) mass is 262 g/mol.